The molecule has 0 amide bonds. The highest BCUT2D eigenvalue weighted by molar-refractivity contribution is 6.32. The molecule has 1 N–H and O–H groups in total. The quantitative estimate of drug-likeness (QED) is 0.258. The van der Waals surface area contributed by atoms with Crippen molar-refractivity contribution in [2.75, 3.05) is 0 Å². The Morgan fingerprint density at radius 2 is 1.06 bits per heavy atom. The largest absolute Gasteiger partial charge is 0.481 e. The van der Waals surface area contributed by atoms with Crippen molar-refractivity contribution < 1.29 is 9.90 Å². The minimum Gasteiger partial charge on any atom is -0.481 e. The first-order valence-electron chi connectivity index (χ1n) is 10.7. The summed E-state index contributed by atoms with van der Waals surface area (Å²) in [5.41, 5.74) is 4.10. The molecule has 4 aromatic rings. The van der Waals surface area contributed by atoms with E-state index in [-0.39, 0.29) is 6.42 Å². The number of halogens is 4. The van der Waals surface area contributed by atoms with E-state index < -0.39 is 5.97 Å². The Morgan fingerprint density at radius 3 is 1.37 bits per heavy atom. The van der Waals surface area contributed by atoms with Crippen LogP contribution in [0.5, 0.6) is 0 Å². The number of alkyl halides is 1. The van der Waals surface area contributed by atoms with Crippen LogP contribution < -0.4 is 0 Å². The number of carbonyl (C=O) groups is 1. The van der Waals surface area contributed by atoms with E-state index in [1.54, 1.807) is 24.3 Å². The van der Waals surface area contributed by atoms with Crippen LogP contribution in [0.15, 0.2) is 103 Å². The predicted octanol–water partition coefficient (Wildman–Crippen LogP) is 9.69. The highest BCUT2D eigenvalue weighted by Crippen LogP contribution is 2.16. The molecule has 4 aromatic carbocycles. The van der Waals surface area contributed by atoms with Crippen molar-refractivity contribution in [3.05, 3.63) is 140 Å². The summed E-state index contributed by atoms with van der Waals surface area (Å²) in [5.74, 6) is -0.377. The fourth-order valence-electron chi connectivity index (χ4n) is 2.50. The Hall–Kier alpha value is -2.49. The van der Waals surface area contributed by atoms with Gasteiger partial charge in [0.25, 0.3) is 0 Å². The first kappa shape index (κ1) is 30.5. The molecule has 0 bridgehead atoms. The number of hydrogen-bond donors (Lipinski definition) is 1. The molecule has 184 valence electrons. The van der Waals surface area contributed by atoms with Gasteiger partial charge in [-0.15, -0.1) is 11.6 Å². The summed E-state index contributed by atoms with van der Waals surface area (Å²) in [7, 11) is 0. The van der Waals surface area contributed by atoms with E-state index in [1.807, 2.05) is 73.7 Å². The van der Waals surface area contributed by atoms with Crippen LogP contribution in [0, 0.1) is 13.8 Å². The van der Waals surface area contributed by atoms with Crippen LogP contribution in [0.3, 0.4) is 0 Å². The molecule has 2 nitrogen and oxygen atoms in total. The molecule has 0 unspecified atom stereocenters. The average Bonchev–Trinajstić information content (AvgIpc) is 2.84. The Morgan fingerprint density at radius 1 is 0.629 bits per heavy atom. The summed E-state index contributed by atoms with van der Waals surface area (Å²) in [6.45, 7) is 4.07. The fraction of sp³-hybridized carbons (Fsp3) is 0.138. The number of benzene rings is 4. The number of aryl methyl sites for hydroxylation is 2. The van der Waals surface area contributed by atoms with Crippen molar-refractivity contribution >= 4 is 52.4 Å². The standard InChI is InChI=1S/C8H7ClO2.C7H6Cl2.C7H7Cl.C7H8/c9-7-4-2-1-3-6(7)5-8(10)11;8-5-6-3-1-2-4-7(6)9;1-6-4-2-3-5-7(6)8;1-7-5-3-2-4-6-7/h1-4H,5H2,(H,10,11);1-4H,5H2;2-5H,1H3;2-6H,1H3. The summed E-state index contributed by atoms with van der Waals surface area (Å²) in [5, 5.41) is 10.5. The third-order valence-electron chi connectivity index (χ3n) is 4.42. The van der Waals surface area contributed by atoms with Gasteiger partial charge < -0.3 is 5.11 Å². The SMILES string of the molecule is Cc1ccccc1.Cc1ccccc1Cl.ClCc1ccccc1Cl.O=C(O)Cc1ccccc1Cl. The van der Waals surface area contributed by atoms with Gasteiger partial charge in [-0.1, -0.05) is 125 Å². The number of aliphatic carboxylic acids is 1. The predicted molar refractivity (Wildman–Crippen MR) is 151 cm³/mol. The maximum Gasteiger partial charge on any atom is 0.307 e. The molecule has 0 saturated heterocycles. The Balaban J connectivity index is 0.000000236. The molecule has 0 spiro atoms. The minimum absolute atomic E-state index is 0.0142. The highest BCUT2D eigenvalue weighted by Gasteiger charge is 2.02. The fourth-order valence-corrected chi connectivity index (χ4v) is 3.34. The summed E-state index contributed by atoms with van der Waals surface area (Å²) in [4.78, 5) is 10.3. The van der Waals surface area contributed by atoms with Gasteiger partial charge in [0.1, 0.15) is 0 Å². The topological polar surface area (TPSA) is 37.3 Å². The second-order valence-corrected chi connectivity index (χ2v) is 8.78. The molecule has 0 heterocycles. The van der Waals surface area contributed by atoms with Gasteiger partial charge in [-0.3, -0.25) is 4.79 Å². The summed E-state index contributed by atoms with van der Waals surface area (Å²) >= 11 is 22.7. The third-order valence-corrected chi connectivity index (χ3v) is 5.87. The van der Waals surface area contributed by atoms with Crippen LogP contribution >= 0.6 is 46.4 Å². The first-order chi connectivity index (χ1) is 16.7. The van der Waals surface area contributed by atoms with Gasteiger partial charge in [0.15, 0.2) is 0 Å². The van der Waals surface area contributed by atoms with E-state index in [9.17, 15) is 4.79 Å². The molecule has 6 heteroatoms. The molecular weight excluding hydrogens is 522 g/mol. The molecule has 0 aliphatic rings. The lowest BCUT2D eigenvalue weighted by atomic mass is 10.1. The van der Waals surface area contributed by atoms with Gasteiger partial charge in [0.2, 0.25) is 0 Å². The lowest BCUT2D eigenvalue weighted by molar-refractivity contribution is -0.136. The summed E-state index contributed by atoms with van der Waals surface area (Å²) in [6.07, 6.45) is -0.0142. The first-order valence-corrected chi connectivity index (χ1v) is 12.4. The molecule has 4 rings (SSSR count). The van der Waals surface area contributed by atoms with Crippen molar-refractivity contribution in [2.45, 2.75) is 26.1 Å². The van der Waals surface area contributed by atoms with Gasteiger partial charge in [-0.05, 0) is 48.7 Å². The van der Waals surface area contributed by atoms with Crippen LogP contribution in [0.1, 0.15) is 22.3 Å². The van der Waals surface area contributed by atoms with Crippen LogP contribution in [-0.4, -0.2) is 11.1 Å². The molecule has 0 fully saturated rings. The van der Waals surface area contributed by atoms with E-state index in [0.717, 1.165) is 21.2 Å². The molecule has 0 aliphatic heterocycles. The number of carboxylic acid groups (broad SMARTS) is 1. The van der Waals surface area contributed by atoms with Gasteiger partial charge in [0.05, 0.1) is 6.42 Å². The maximum atomic E-state index is 10.3. The maximum absolute atomic E-state index is 10.3. The Kier molecular flexibility index (Phi) is 15.6. The zero-order valence-corrected chi connectivity index (χ0v) is 22.6. The van der Waals surface area contributed by atoms with E-state index in [4.69, 9.17) is 51.5 Å². The van der Waals surface area contributed by atoms with E-state index in [1.165, 1.54) is 5.56 Å². The lowest BCUT2D eigenvalue weighted by Crippen LogP contribution is -1.99. The molecule has 35 heavy (non-hydrogen) atoms. The normalized spacial score (nSPS) is 9.31. The molecule has 0 aliphatic carbocycles. The van der Waals surface area contributed by atoms with Crippen molar-refractivity contribution in [1.29, 1.82) is 0 Å². The molecule has 0 saturated carbocycles. The van der Waals surface area contributed by atoms with Crippen molar-refractivity contribution in [1.82, 2.24) is 0 Å². The van der Waals surface area contributed by atoms with Gasteiger partial charge in [0, 0.05) is 20.9 Å². The van der Waals surface area contributed by atoms with Crippen LogP contribution in [0.4, 0.5) is 0 Å². The van der Waals surface area contributed by atoms with Crippen LogP contribution in [0.25, 0.3) is 0 Å². The van der Waals surface area contributed by atoms with Crippen molar-refractivity contribution in [2.24, 2.45) is 0 Å². The minimum atomic E-state index is -0.863. The number of hydrogen-bond acceptors (Lipinski definition) is 1. The van der Waals surface area contributed by atoms with Gasteiger partial charge in [-0.2, -0.15) is 0 Å². The number of carboxylic acids is 1. The second kappa shape index (κ2) is 17.9. The molecule has 0 atom stereocenters. The van der Waals surface area contributed by atoms with E-state index in [0.29, 0.717) is 16.5 Å². The van der Waals surface area contributed by atoms with E-state index >= 15 is 0 Å². The third kappa shape index (κ3) is 13.9. The van der Waals surface area contributed by atoms with Gasteiger partial charge in [-0.25, -0.2) is 0 Å². The number of rotatable bonds is 3. The lowest BCUT2D eigenvalue weighted by Gasteiger charge is -1.97. The smallest absolute Gasteiger partial charge is 0.307 e. The monoisotopic (exact) mass is 548 g/mol. The van der Waals surface area contributed by atoms with Crippen LogP contribution in [0.2, 0.25) is 15.1 Å². The molecular formula is C29H28Cl4O2. The van der Waals surface area contributed by atoms with E-state index in [2.05, 4.69) is 19.1 Å². The summed E-state index contributed by atoms with van der Waals surface area (Å²) in [6, 6.07) is 32.5. The molecule has 0 aromatic heterocycles. The Labute approximate surface area is 228 Å². The summed E-state index contributed by atoms with van der Waals surface area (Å²) < 4.78 is 0. The zero-order valence-electron chi connectivity index (χ0n) is 19.6. The van der Waals surface area contributed by atoms with Gasteiger partial charge >= 0.3 is 5.97 Å². The van der Waals surface area contributed by atoms with Crippen LogP contribution in [-0.2, 0) is 17.1 Å². The Bertz CT molecular complexity index is 1130. The van der Waals surface area contributed by atoms with Crippen molar-refractivity contribution in [3.8, 4) is 0 Å². The molecule has 0 radical (unpaired) electrons. The highest BCUT2D eigenvalue weighted by atomic mass is 35.5. The average molecular weight is 550 g/mol. The van der Waals surface area contributed by atoms with Crippen molar-refractivity contribution in [3.63, 3.8) is 0 Å². The zero-order chi connectivity index (χ0) is 26.1. The second-order valence-electron chi connectivity index (χ2n) is 7.29.